The van der Waals surface area contributed by atoms with E-state index in [2.05, 4.69) is 5.32 Å². The summed E-state index contributed by atoms with van der Waals surface area (Å²) in [6, 6.07) is 2.46. The molecule has 1 aromatic rings. The van der Waals surface area contributed by atoms with Gasteiger partial charge in [-0.2, -0.15) is 0 Å². The van der Waals surface area contributed by atoms with Gasteiger partial charge in [0.05, 0.1) is 11.8 Å². The number of β-amino-alcohol motifs (C(OH)–C–C–N with tert-alkyl or cyclic N) is 1. The van der Waals surface area contributed by atoms with Crippen molar-refractivity contribution in [2.75, 3.05) is 18.4 Å². The molecule has 2 amide bonds. The summed E-state index contributed by atoms with van der Waals surface area (Å²) in [7, 11) is 0. The van der Waals surface area contributed by atoms with Crippen molar-refractivity contribution in [3.8, 4) is 0 Å². The number of carbonyl (C=O) groups is 1. The van der Waals surface area contributed by atoms with Crippen molar-refractivity contribution in [1.29, 1.82) is 0 Å². The Balaban J connectivity index is 2.02. The zero-order chi connectivity index (χ0) is 13.1. The van der Waals surface area contributed by atoms with Crippen molar-refractivity contribution >= 4 is 11.7 Å². The van der Waals surface area contributed by atoms with Gasteiger partial charge in [-0.05, 0) is 25.0 Å². The summed E-state index contributed by atoms with van der Waals surface area (Å²) in [4.78, 5) is 13.2. The number of rotatable bonds is 1. The first-order valence-corrected chi connectivity index (χ1v) is 5.75. The van der Waals surface area contributed by atoms with Gasteiger partial charge in [-0.1, -0.05) is 0 Å². The first kappa shape index (κ1) is 12.8. The Morgan fingerprint density at radius 2 is 2.22 bits per heavy atom. The van der Waals surface area contributed by atoms with E-state index in [0.717, 1.165) is 6.07 Å². The second-order valence-corrected chi connectivity index (χ2v) is 4.30. The summed E-state index contributed by atoms with van der Waals surface area (Å²) in [5.74, 6) is -1.51. The standard InChI is InChI=1S/C12H14F2N2O2/c13-8-3-4-11(10(14)6-8)15-12(18)16-5-1-2-9(17)7-16/h3-4,6,9,17H,1-2,5,7H2,(H,15,18). The fourth-order valence-corrected chi connectivity index (χ4v) is 1.92. The van der Waals surface area contributed by atoms with E-state index < -0.39 is 23.8 Å². The molecule has 6 heteroatoms. The van der Waals surface area contributed by atoms with E-state index in [1.54, 1.807) is 0 Å². The van der Waals surface area contributed by atoms with Gasteiger partial charge in [0.1, 0.15) is 11.6 Å². The molecule has 1 aromatic carbocycles. The molecule has 0 aromatic heterocycles. The van der Waals surface area contributed by atoms with Gasteiger partial charge >= 0.3 is 6.03 Å². The van der Waals surface area contributed by atoms with Crippen LogP contribution in [0.15, 0.2) is 18.2 Å². The lowest BCUT2D eigenvalue weighted by Gasteiger charge is -2.30. The molecule has 18 heavy (non-hydrogen) atoms. The number of likely N-dealkylation sites (tertiary alicyclic amines) is 1. The number of nitrogens with zero attached hydrogens (tertiary/aromatic N) is 1. The Hall–Kier alpha value is -1.69. The van der Waals surface area contributed by atoms with Crippen molar-refractivity contribution in [2.24, 2.45) is 0 Å². The van der Waals surface area contributed by atoms with Crippen LogP contribution in [0.4, 0.5) is 19.3 Å². The number of aliphatic hydroxyl groups is 1. The van der Waals surface area contributed by atoms with Gasteiger partial charge in [-0.25, -0.2) is 13.6 Å². The maximum absolute atomic E-state index is 13.3. The third kappa shape index (κ3) is 2.95. The molecule has 0 saturated carbocycles. The van der Waals surface area contributed by atoms with Crippen molar-refractivity contribution < 1.29 is 18.7 Å². The number of hydrogen-bond donors (Lipinski definition) is 2. The van der Waals surface area contributed by atoms with Gasteiger partial charge in [0.15, 0.2) is 0 Å². The molecule has 1 aliphatic heterocycles. The number of anilines is 1. The molecule has 1 fully saturated rings. The van der Waals surface area contributed by atoms with Crippen LogP contribution in [0.1, 0.15) is 12.8 Å². The van der Waals surface area contributed by atoms with Gasteiger partial charge in [0, 0.05) is 19.2 Å². The summed E-state index contributed by atoms with van der Waals surface area (Å²) in [5.41, 5.74) is -0.0681. The predicted molar refractivity (Wildman–Crippen MR) is 62.2 cm³/mol. The molecule has 1 unspecified atom stereocenters. The van der Waals surface area contributed by atoms with Crippen molar-refractivity contribution in [3.05, 3.63) is 29.8 Å². The summed E-state index contributed by atoms with van der Waals surface area (Å²) in [6.45, 7) is 0.750. The highest BCUT2D eigenvalue weighted by Gasteiger charge is 2.22. The normalized spacial score (nSPS) is 19.7. The highest BCUT2D eigenvalue weighted by Crippen LogP contribution is 2.17. The molecule has 1 atom stereocenters. The van der Waals surface area contributed by atoms with Crippen LogP contribution in [0.5, 0.6) is 0 Å². The summed E-state index contributed by atoms with van der Waals surface area (Å²) in [6.07, 6.45) is 0.831. The highest BCUT2D eigenvalue weighted by molar-refractivity contribution is 5.89. The van der Waals surface area contributed by atoms with E-state index in [1.165, 1.54) is 11.0 Å². The van der Waals surface area contributed by atoms with Crippen LogP contribution in [-0.4, -0.2) is 35.2 Å². The van der Waals surface area contributed by atoms with E-state index in [1.807, 2.05) is 0 Å². The average Bonchev–Trinajstić information content (AvgIpc) is 2.32. The molecule has 1 heterocycles. The van der Waals surface area contributed by atoms with Gasteiger partial charge in [-0.3, -0.25) is 0 Å². The predicted octanol–water partition coefficient (Wildman–Crippen LogP) is 1.95. The topological polar surface area (TPSA) is 52.6 Å². The minimum atomic E-state index is -0.819. The molecule has 4 nitrogen and oxygen atoms in total. The number of hydrogen-bond acceptors (Lipinski definition) is 2. The number of benzene rings is 1. The molecular formula is C12H14F2N2O2. The Bertz CT molecular complexity index is 454. The molecule has 98 valence electrons. The van der Waals surface area contributed by atoms with Crippen molar-refractivity contribution in [2.45, 2.75) is 18.9 Å². The van der Waals surface area contributed by atoms with E-state index in [4.69, 9.17) is 0 Å². The zero-order valence-corrected chi connectivity index (χ0v) is 9.70. The first-order valence-electron chi connectivity index (χ1n) is 5.75. The van der Waals surface area contributed by atoms with Crippen LogP contribution in [0.3, 0.4) is 0 Å². The van der Waals surface area contributed by atoms with Crippen molar-refractivity contribution in [3.63, 3.8) is 0 Å². The van der Waals surface area contributed by atoms with Gasteiger partial charge in [0.2, 0.25) is 0 Å². The number of carbonyl (C=O) groups excluding carboxylic acids is 1. The number of aliphatic hydroxyl groups excluding tert-OH is 1. The lowest BCUT2D eigenvalue weighted by atomic mass is 10.1. The quantitative estimate of drug-likeness (QED) is 0.807. The van der Waals surface area contributed by atoms with Crippen LogP contribution in [0, 0.1) is 11.6 Å². The van der Waals surface area contributed by atoms with Crippen LogP contribution in [-0.2, 0) is 0 Å². The fraction of sp³-hybridized carbons (Fsp3) is 0.417. The molecule has 1 aliphatic rings. The molecule has 2 rings (SSSR count). The lowest BCUT2D eigenvalue weighted by molar-refractivity contribution is 0.0883. The Labute approximate surface area is 103 Å². The molecule has 0 radical (unpaired) electrons. The molecule has 0 bridgehead atoms. The number of halogens is 2. The second kappa shape index (κ2) is 5.30. The second-order valence-electron chi connectivity index (χ2n) is 4.30. The maximum Gasteiger partial charge on any atom is 0.322 e. The van der Waals surface area contributed by atoms with Gasteiger partial charge in [-0.15, -0.1) is 0 Å². The van der Waals surface area contributed by atoms with Crippen LogP contribution >= 0.6 is 0 Å². The minimum Gasteiger partial charge on any atom is -0.391 e. The largest absolute Gasteiger partial charge is 0.391 e. The summed E-state index contributed by atoms with van der Waals surface area (Å²) < 4.78 is 26.0. The Kier molecular flexibility index (Phi) is 3.76. The van der Waals surface area contributed by atoms with E-state index >= 15 is 0 Å². The molecule has 1 saturated heterocycles. The number of nitrogens with one attached hydrogen (secondary N) is 1. The first-order chi connectivity index (χ1) is 8.56. The minimum absolute atomic E-state index is 0.0681. The van der Waals surface area contributed by atoms with Crippen LogP contribution in [0.25, 0.3) is 0 Å². The van der Waals surface area contributed by atoms with Crippen LogP contribution in [0.2, 0.25) is 0 Å². The monoisotopic (exact) mass is 256 g/mol. The van der Waals surface area contributed by atoms with Crippen molar-refractivity contribution in [1.82, 2.24) is 4.90 Å². The maximum atomic E-state index is 13.3. The SMILES string of the molecule is O=C(Nc1ccc(F)cc1F)N1CCCC(O)C1. The number of amides is 2. The van der Waals surface area contributed by atoms with Crippen LogP contribution < -0.4 is 5.32 Å². The molecule has 0 spiro atoms. The zero-order valence-electron chi connectivity index (χ0n) is 9.70. The van der Waals surface area contributed by atoms with Gasteiger partial charge in [0.25, 0.3) is 0 Å². The third-order valence-corrected chi connectivity index (χ3v) is 2.86. The molecule has 2 N–H and O–H groups in total. The summed E-state index contributed by atoms with van der Waals surface area (Å²) >= 11 is 0. The molecule has 0 aliphatic carbocycles. The van der Waals surface area contributed by atoms with E-state index in [-0.39, 0.29) is 12.2 Å². The Morgan fingerprint density at radius 1 is 1.44 bits per heavy atom. The molecular weight excluding hydrogens is 242 g/mol. The average molecular weight is 256 g/mol. The highest BCUT2D eigenvalue weighted by atomic mass is 19.1. The fourth-order valence-electron chi connectivity index (χ4n) is 1.92. The number of urea groups is 1. The summed E-state index contributed by atoms with van der Waals surface area (Å²) in [5, 5.41) is 11.8. The number of piperidine rings is 1. The Morgan fingerprint density at radius 3 is 2.89 bits per heavy atom. The third-order valence-electron chi connectivity index (χ3n) is 2.86. The van der Waals surface area contributed by atoms with E-state index in [9.17, 15) is 18.7 Å². The van der Waals surface area contributed by atoms with Gasteiger partial charge < -0.3 is 15.3 Å². The lowest BCUT2D eigenvalue weighted by Crippen LogP contribution is -2.44. The smallest absolute Gasteiger partial charge is 0.322 e. The van der Waals surface area contributed by atoms with E-state index in [0.29, 0.717) is 25.5 Å².